The highest BCUT2D eigenvalue weighted by molar-refractivity contribution is 5.07. The van der Waals surface area contributed by atoms with E-state index in [0.29, 0.717) is 13.1 Å². The molecule has 5 nitrogen and oxygen atoms in total. The fraction of sp³-hybridized carbons (Fsp3) is 0.600. The molecule has 0 amide bonds. The normalized spacial score (nSPS) is 10.3. The molecule has 0 saturated carbocycles. The Balaban J connectivity index is 2.96. The monoisotopic (exact) mass is 141 g/mol. The van der Waals surface area contributed by atoms with Crippen molar-refractivity contribution in [3.05, 3.63) is 11.4 Å². The fourth-order valence-electron chi connectivity index (χ4n) is 0.804. The SMILES string of the molecule is Cn1nc(CN)c(CN)n1. The lowest BCUT2D eigenvalue weighted by atomic mass is 10.3. The van der Waals surface area contributed by atoms with Gasteiger partial charge in [0, 0.05) is 20.1 Å². The second-order valence-electron chi connectivity index (χ2n) is 1.99. The Morgan fingerprint density at radius 3 is 1.90 bits per heavy atom. The molecular formula is C5H11N5. The van der Waals surface area contributed by atoms with E-state index >= 15 is 0 Å². The summed E-state index contributed by atoms with van der Waals surface area (Å²) < 4.78 is 0. The second kappa shape index (κ2) is 2.76. The number of hydrogen-bond acceptors (Lipinski definition) is 4. The molecule has 0 radical (unpaired) electrons. The molecule has 4 N–H and O–H groups in total. The molecule has 0 atom stereocenters. The minimum absolute atomic E-state index is 0.403. The lowest BCUT2D eigenvalue weighted by Gasteiger charge is -1.88. The van der Waals surface area contributed by atoms with Crippen LogP contribution >= 0.6 is 0 Å². The summed E-state index contributed by atoms with van der Waals surface area (Å²) in [6, 6.07) is 0. The molecule has 56 valence electrons. The first-order chi connectivity index (χ1) is 4.77. The van der Waals surface area contributed by atoms with Crippen LogP contribution < -0.4 is 11.5 Å². The van der Waals surface area contributed by atoms with Crippen molar-refractivity contribution in [2.45, 2.75) is 13.1 Å². The van der Waals surface area contributed by atoms with Gasteiger partial charge in [0.1, 0.15) is 11.4 Å². The van der Waals surface area contributed by atoms with E-state index in [4.69, 9.17) is 11.5 Å². The van der Waals surface area contributed by atoms with Crippen LogP contribution in [0.15, 0.2) is 0 Å². The number of nitrogens with two attached hydrogens (primary N) is 2. The lowest BCUT2D eigenvalue weighted by Crippen LogP contribution is -2.05. The van der Waals surface area contributed by atoms with E-state index in [2.05, 4.69) is 10.2 Å². The van der Waals surface area contributed by atoms with Crippen LogP contribution in [0, 0.1) is 0 Å². The van der Waals surface area contributed by atoms with Crippen molar-refractivity contribution in [3.8, 4) is 0 Å². The van der Waals surface area contributed by atoms with E-state index in [0.717, 1.165) is 11.4 Å². The molecule has 0 aliphatic rings. The van der Waals surface area contributed by atoms with Crippen LogP contribution in [0.4, 0.5) is 0 Å². The van der Waals surface area contributed by atoms with Crippen LogP contribution in [0.25, 0.3) is 0 Å². The molecular weight excluding hydrogens is 130 g/mol. The third-order valence-corrected chi connectivity index (χ3v) is 1.25. The molecule has 10 heavy (non-hydrogen) atoms. The molecule has 0 unspecified atom stereocenters. The highest BCUT2D eigenvalue weighted by atomic mass is 15.5. The van der Waals surface area contributed by atoms with E-state index in [9.17, 15) is 0 Å². The predicted octanol–water partition coefficient (Wildman–Crippen LogP) is -1.27. The minimum atomic E-state index is 0.403. The van der Waals surface area contributed by atoms with Gasteiger partial charge in [-0.25, -0.2) is 0 Å². The van der Waals surface area contributed by atoms with E-state index in [1.165, 1.54) is 4.80 Å². The summed E-state index contributed by atoms with van der Waals surface area (Å²) in [5.41, 5.74) is 12.3. The smallest absolute Gasteiger partial charge is 0.101 e. The number of hydrogen-bond donors (Lipinski definition) is 2. The molecule has 1 aromatic heterocycles. The summed E-state index contributed by atoms with van der Waals surface area (Å²) in [6.45, 7) is 0.806. The van der Waals surface area contributed by atoms with Gasteiger partial charge < -0.3 is 11.5 Å². The Bertz CT molecular complexity index is 194. The van der Waals surface area contributed by atoms with Crippen LogP contribution in [-0.2, 0) is 20.1 Å². The molecule has 0 spiro atoms. The van der Waals surface area contributed by atoms with Gasteiger partial charge in [-0.1, -0.05) is 0 Å². The number of aromatic nitrogens is 3. The summed E-state index contributed by atoms with van der Waals surface area (Å²) in [5.74, 6) is 0. The number of aryl methyl sites for hydroxylation is 1. The van der Waals surface area contributed by atoms with Crippen molar-refractivity contribution in [1.29, 1.82) is 0 Å². The van der Waals surface area contributed by atoms with Crippen molar-refractivity contribution >= 4 is 0 Å². The Morgan fingerprint density at radius 2 is 1.60 bits per heavy atom. The van der Waals surface area contributed by atoms with Crippen molar-refractivity contribution in [3.63, 3.8) is 0 Å². The molecule has 1 heterocycles. The van der Waals surface area contributed by atoms with Crippen molar-refractivity contribution in [2.75, 3.05) is 0 Å². The topological polar surface area (TPSA) is 82.8 Å². The Hall–Kier alpha value is -0.940. The zero-order valence-electron chi connectivity index (χ0n) is 5.91. The first-order valence-electron chi connectivity index (χ1n) is 3.07. The molecule has 1 rings (SSSR count). The van der Waals surface area contributed by atoms with Gasteiger partial charge in [-0.15, -0.1) is 0 Å². The molecule has 0 aliphatic carbocycles. The van der Waals surface area contributed by atoms with Crippen LogP contribution in [0.1, 0.15) is 11.4 Å². The van der Waals surface area contributed by atoms with E-state index in [1.54, 1.807) is 7.05 Å². The number of nitrogens with zero attached hydrogens (tertiary/aromatic N) is 3. The van der Waals surface area contributed by atoms with Gasteiger partial charge in [0.05, 0.1) is 0 Å². The molecule has 0 aromatic carbocycles. The highest BCUT2D eigenvalue weighted by Gasteiger charge is 2.03. The van der Waals surface area contributed by atoms with Crippen LogP contribution in [0.3, 0.4) is 0 Å². The van der Waals surface area contributed by atoms with Gasteiger partial charge in [-0.3, -0.25) is 0 Å². The predicted molar refractivity (Wildman–Crippen MR) is 36.8 cm³/mol. The first kappa shape index (κ1) is 7.17. The standard InChI is InChI=1S/C5H11N5/c1-10-8-4(2-6)5(3-7)9-10/h2-3,6-7H2,1H3. The Kier molecular flexibility index (Phi) is 1.98. The average molecular weight is 141 g/mol. The first-order valence-corrected chi connectivity index (χ1v) is 3.07. The zero-order chi connectivity index (χ0) is 7.56. The summed E-state index contributed by atoms with van der Waals surface area (Å²) in [6.07, 6.45) is 0. The largest absolute Gasteiger partial charge is 0.325 e. The van der Waals surface area contributed by atoms with Gasteiger partial charge >= 0.3 is 0 Å². The van der Waals surface area contributed by atoms with Crippen LogP contribution in [0.5, 0.6) is 0 Å². The maximum Gasteiger partial charge on any atom is 0.101 e. The quantitative estimate of drug-likeness (QED) is 0.538. The second-order valence-corrected chi connectivity index (χ2v) is 1.99. The average Bonchev–Trinajstić information content (AvgIpc) is 2.30. The van der Waals surface area contributed by atoms with Crippen molar-refractivity contribution in [1.82, 2.24) is 15.0 Å². The van der Waals surface area contributed by atoms with Gasteiger partial charge in [0.2, 0.25) is 0 Å². The molecule has 0 fully saturated rings. The summed E-state index contributed by atoms with van der Waals surface area (Å²) in [7, 11) is 1.75. The third-order valence-electron chi connectivity index (χ3n) is 1.25. The molecule has 0 bridgehead atoms. The summed E-state index contributed by atoms with van der Waals surface area (Å²) >= 11 is 0. The van der Waals surface area contributed by atoms with Crippen LogP contribution in [0.2, 0.25) is 0 Å². The maximum absolute atomic E-state index is 5.37. The van der Waals surface area contributed by atoms with E-state index < -0.39 is 0 Å². The van der Waals surface area contributed by atoms with Gasteiger partial charge in [0.15, 0.2) is 0 Å². The lowest BCUT2D eigenvalue weighted by molar-refractivity contribution is 0.639. The fourth-order valence-corrected chi connectivity index (χ4v) is 0.804. The van der Waals surface area contributed by atoms with E-state index in [-0.39, 0.29) is 0 Å². The zero-order valence-corrected chi connectivity index (χ0v) is 5.91. The van der Waals surface area contributed by atoms with Crippen molar-refractivity contribution in [2.24, 2.45) is 18.5 Å². The Morgan fingerprint density at radius 1 is 1.20 bits per heavy atom. The van der Waals surface area contributed by atoms with Crippen molar-refractivity contribution < 1.29 is 0 Å². The van der Waals surface area contributed by atoms with Gasteiger partial charge in [0.25, 0.3) is 0 Å². The third kappa shape index (κ3) is 1.14. The molecule has 5 heteroatoms. The number of rotatable bonds is 2. The minimum Gasteiger partial charge on any atom is -0.325 e. The summed E-state index contributed by atoms with van der Waals surface area (Å²) in [4.78, 5) is 1.48. The van der Waals surface area contributed by atoms with Crippen LogP contribution in [-0.4, -0.2) is 15.0 Å². The molecule has 0 saturated heterocycles. The highest BCUT2D eigenvalue weighted by Crippen LogP contribution is 1.98. The molecule has 1 aromatic rings. The van der Waals surface area contributed by atoms with E-state index in [1.807, 2.05) is 0 Å². The maximum atomic E-state index is 5.37. The molecule has 0 aliphatic heterocycles. The van der Waals surface area contributed by atoms with Gasteiger partial charge in [-0.2, -0.15) is 15.0 Å². The van der Waals surface area contributed by atoms with Gasteiger partial charge in [-0.05, 0) is 0 Å². The summed E-state index contributed by atoms with van der Waals surface area (Å²) in [5, 5.41) is 8.00. The Labute approximate surface area is 59.0 Å².